The molecule has 24 heavy (non-hydrogen) atoms. The zero-order valence-corrected chi connectivity index (χ0v) is 19.2. The third kappa shape index (κ3) is 11.6. The minimum atomic E-state index is -0.153. The number of halogens is 2. The Bertz CT molecular complexity index is 375. The molecule has 1 aliphatic carbocycles. The fraction of sp³-hybridized carbons (Fsp3) is 0.579. The molecule has 0 aromatic heterocycles. The summed E-state index contributed by atoms with van der Waals surface area (Å²) >= 11 is 0. The van der Waals surface area contributed by atoms with Gasteiger partial charge in [0.1, 0.15) is 6.10 Å². The molecule has 2 rings (SSSR count). The molecule has 0 saturated heterocycles. The Morgan fingerprint density at radius 3 is 2.17 bits per heavy atom. The molecule has 3 atom stereocenters. The van der Waals surface area contributed by atoms with Crippen LogP contribution in [0, 0.1) is 30.7 Å². The average Bonchev–Trinajstić information content (AvgIpc) is 2.49. The topological polar surface area (TPSA) is 26.3 Å². The molecule has 0 unspecified atom stereocenters. The van der Waals surface area contributed by atoms with E-state index in [1.165, 1.54) is 12.8 Å². The quantitative estimate of drug-likeness (QED) is 0.384. The Labute approximate surface area is 177 Å². The van der Waals surface area contributed by atoms with Gasteiger partial charge in [0.25, 0.3) is 0 Å². The zero-order valence-electron chi connectivity index (χ0n) is 14.8. The molecule has 1 aliphatic rings. The summed E-state index contributed by atoms with van der Waals surface area (Å²) in [5, 5.41) is 0. The normalized spacial score (nSPS) is 21.8. The van der Waals surface area contributed by atoms with Crippen molar-refractivity contribution in [3.63, 3.8) is 0 Å². The van der Waals surface area contributed by atoms with Crippen LogP contribution < -0.4 is 24.8 Å². The Hall–Kier alpha value is 0.0687. The van der Waals surface area contributed by atoms with Gasteiger partial charge in [0.15, 0.2) is 0 Å². The first kappa shape index (κ1) is 28.9. The van der Waals surface area contributed by atoms with Crippen LogP contribution in [0.2, 0.25) is 0 Å². The number of carbonyl (C=O) groups excluding carboxylic acids is 1. The molecule has 134 valence electrons. The molecule has 0 spiro atoms. The third-order valence-corrected chi connectivity index (χ3v) is 4.06. The fourth-order valence-corrected chi connectivity index (χ4v) is 2.82. The van der Waals surface area contributed by atoms with Gasteiger partial charge >= 0.3 is 29.9 Å². The smallest absolute Gasteiger partial charge is 1.00 e. The second-order valence-electron chi connectivity index (χ2n) is 6.18. The molecule has 0 bridgehead atoms. The molecular weight excluding hydrogens is 450 g/mol. The first-order chi connectivity index (χ1) is 10.0. The average molecular weight is 478 g/mol. The maximum absolute atomic E-state index is 11.3. The minimum Gasteiger partial charge on any atom is -1.00 e. The largest absolute Gasteiger partial charge is 2.00 e. The van der Waals surface area contributed by atoms with Crippen molar-refractivity contribution in [1.29, 1.82) is 0 Å². The van der Waals surface area contributed by atoms with E-state index in [1.807, 2.05) is 30.3 Å². The van der Waals surface area contributed by atoms with Crippen LogP contribution in [-0.4, -0.2) is 36.0 Å². The van der Waals surface area contributed by atoms with Crippen LogP contribution in [0.3, 0.4) is 0 Å². The summed E-state index contributed by atoms with van der Waals surface area (Å²) in [6.07, 6.45) is 3.85. The van der Waals surface area contributed by atoms with E-state index in [9.17, 15) is 4.79 Å². The minimum absolute atomic E-state index is 0. The third-order valence-electron chi connectivity index (χ3n) is 4.06. The van der Waals surface area contributed by atoms with Crippen LogP contribution in [0.1, 0.15) is 46.5 Å². The summed E-state index contributed by atoms with van der Waals surface area (Å²) in [6, 6.07) is 12.5. The molecule has 5 heteroatoms. The van der Waals surface area contributed by atoms with Crippen LogP contribution >= 0.6 is 0 Å². The van der Waals surface area contributed by atoms with Crippen molar-refractivity contribution in [2.45, 2.75) is 52.6 Å². The summed E-state index contributed by atoms with van der Waals surface area (Å²) in [6.45, 7) is 10.2. The number of esters is 1. The summed E-state index contributed by atoms with van der Waals surface area (Å²) in [4.78, 5) is 11.3. The standard InChI is InChI=1S/C13H23O2.C6H5.2ClH.Sn/c1-5-13(14)15-12-8-10(4)6-7-11(12)9(2)3;1-2-4-6-5-3-1;;;/h9-12H,1,5-8H2,2-4H3;1-5H;2*1H;/q;;;;+2/p-2/t10-,11+,12-;;;;/m1..../s1. The van der Waals surface area contributed by atoms with Gasteiger partial charge in [-0.05, 0) is 43.6 Å². The SMILES string of the molecule is [CH2]CC(=O)O[C@@H]1C[C@H](C)CC[C@H]1C(C)C.[Cl-].[Cl-].[Sn+2].[c]1ccccc1. The number of hydrogen-bond donors (Lipinski definition) is 0. The second-order valence-corrected chi connectivity index (χ2v) is 6.18. The molecule has 1 aromatic carbocycles. The molecule has 1 fully saturated rings. The summed E-state index contributed by atoms with van der Waals surface area (Å²) in [5.41, 5.74) is 0. The molecule has 4 radical (unpaired) electrons. The first-order valence-corrected chi connectivity index (χ1v) is 7.94. The van der Waals surface area contributed by atoms with E-state index in [2.05, 4.69) is 33.8 Å². The van der Waals surface area contributed by atoms with E-state index in [-0.39, 0.29) is 67.2 Å². The number of hydrogen-bond acceptors (Lipinski definition) is 2. The van der Waals surface area contributed by atoms with Gasteiger partial charge < -0.3 is 29.6 Å². The van der Waals surface area contributed by atoms with Crippen LogP contribution in [-0.2, 0) is 9.53 Å². The number of rotatable bonds is 3. The summed E-state index contributed by atoms with van der Waals surface area (Å²) < 4.78 is 5.48. The van der Waals surface area contributed by atoms with Gasteiger partial charge in [0, 0.05) is 6.42 Å². The van der Waals surface area contributed by atoms with E-state index >= 15 is 0 Å². The zero-order chi connectivity index (χ0) is 15.7. The van der Waals surface area contributed by atoms with E-state index in [0.717, 1.165) is 6.42 Å². The van der Waals surface area contributed by atoms with Gasteiger partial charge in [-0.2, -0.15) is 0 Å². The molecule has 0 aliphatic heterocycles. The van der Waals surface area contributed by atoms with Crippen molar-refractivity contribution < 1.29 is 34.3 Å². The van der Waals surface area contributed by atoms with Crippen molar-refractivity contribution in [2.24, 2.45) is 17.8 Å². The van der Waals surface area contributed by atoms with Crippen molar-refractivity contribution in [2.75, 3.05) is 0 Å². The molecule has 0 amide bonds. The van der Waals surface area contributed by atoms with Gasteiger partial charge in [0.05, 0.1) is 0 Å². The van der Waals surface area contributed by atoms with E-state index in [4.69, 9.17) is 4.74 Å². The van der Waals surface area contributed by atoms with Crippen LogP contribution in [0.25, 0.3) is 0 Å². The second kappa shape index (κ2) is 16.5. The van der Waals surface area contributed by atoms with Gasteiger partial charge in [-0.25, -0.2) is 0 Å². The number of ether oxygens (including phenoxy) is 1. The van der Waals surface area contributed by atoms with E-state index in [0.29, 0.717) is 17.8 Å². The monoisotopic (exact) mass is 478 g/mol. The van der Waals surface area contributed by atoms with Crippen LogP contribution in [0.4, 0.5) is 0 Å². The summed E-state index contributed by atoms with van der Waals surface area (Å²) in [5.74, 6) is 1.67. The first-order valence-electron chi connectivity index (χ1n) is 7.94. The predicted molar refractivity (Wildman–Crippen MR) is 92.2 cm³/mol. The van der Waals surface area contributed by atoms with Crippen LogP contribution in [0.15, 0.2) is 30.3 Å². The van der Waals surface area contributed by atoms with Crippen molar-refractivity contribution in [1.82, 2.24) is 0 Å². The van der Waals surface area contributed by atoms with Gasteiger partial charge in [-0.15, -0.1) is 0 Å². The van der Waals surface area contributed by atoms with Crippen molar-refractivity contribution in [3.8, 4) is 0 Å². The molecule has 0 N–H and O–H groups in total. The van der Waals surface area contributed by atoms with E-state index < -0.39 is 0 Å². The Morgan fingerprint density at radius 2 is 1.79 bits per heavy atom. The molecule has 2 nitrogen and oxygen atoms in total. The van der Waals surface area contributed by atoms with Gasteiger partial charge in [-0.1, -0.05) is 57.5 Å². The number of carbonyl (C=O) groups is 1. The molecule has 1 aromatic rings. The van der Waals surface area contributed by atoms with Gasteiger partial charge in [-0.3, -0.25) is 4.79 Å². The molecule has 1 saturated carbocycles. The van der Waals surface area contributed by atoms with Crippen molar-refractivity contribution in [3.05, 3.63) is 43.3 Å². The predicted octanol–water partition coefficient (Wildman–Crippen LogP) is -1.67. The van der Waals surface area contributed by atoms with Gasteiger partial charge in [0.2, 0.25) is 0 Å². The Morgan fingerprint density at radius 1 is 1.21 bits per heavy atom. The Kier molecular flexibility index (Phi) is 19.9. The van der Waals surface area contributed by atoms with Crippen LogP contribution in [0.5, 0.6) is 0 Å². The maximum atomic E-state index is 11.3. The maximum Gasteiger partial charge on any atom is 2.00 e. The van der Waals surface area contributed by atoms with E-state index in [1.54, 1.807) is 0 Å². The molecule has 0 heterocycles. The van der Waals surface area contributed by atoms with Crippen molar-refractivity contribution >= 4 is 29.9 Å². The number of benzene rings is 1. The Balaban J connectivity index is -0.000000420. The molecular formula is C19H28Cl2O2Sn. The summed E-state index contributed by atoms with van der Waals surface area (Å²) in [7, 11) is 0. The fourth-order valence-electron chi connectivity index (χ4n) is 2.82.